The average molecular weight is 294 g/mol. The molecule has 1 atom stereocenters. The van der Waals surface area contributed by atoms with Gasteiger partial charge in [-0.15, -0.1) is 10.2 Å². The van der Waals surface area contributed by atoms with Crippen molar-refractivity contribution in [2.24, 2.45) is 0 Å². The minimum Gasteiger partial charge on any atom is -0.389 e. The Kier molecular flexibility index (Phi) is 4.32. The van der Waals surface area contributed by atoms with Gasteiger partial charge in [-0.25, -0.2) is 13.1 Å². The second kappa shape index (κ2) is 5.08. The van der Waals surface area contributed by atoms with Crippen LogP contribution in [0.3, 0.4) is 0 Å². The summed E-state index contributed by atoms with van der Waals surface area (Å²) in [7, 11) is -3.85. The van der Waals surface area contributed by atoms with Crippen LogP contribution in [0.4, 0.5) is 0 Å². The Labute approximate surface area is 111 Å². The van der Waals surface area contributed by atoms with E-state index in [1.165, 1.54) is 13.0 Å². The summed E-state index contributed by atoms with van der Waals surface area (Å²) >= 11 is 5.64. The predicted octanol–water partition coefficient (Wildman–Crippen LogP) is 1.26. The largest absolute Gasteiger partial charge is 0.389 e. The van der Waals surface area contributed by atoms with Crippen molar-refractivity contribution in [2.45, 2.75) is 44.4 Å². The van der Waals surface area contributed by atoms with Crippen LogP contribution in [0, 0.1) is 0 Å². The highest BCUT2D eigenvalue weighted by Crippen LogP contribution is 2.23. The van der Waals surface area contributed by atoms with E-state index >= 15 is 0 Å². The van der Waals surface area contributed by atoms with E-state index in [0.29, 0.717) is 0 Å². The second-order valence-electron chi connectivity index (χ2n) is 4.96. The zero-order valence-electron chi connectivity index (χ0n) is 10.6. The number of nitrogens with zero attached hydrogens (tertiary/aromatic N) is 2. The standard InChI is InChI=1S/C10H16ClN3O3S/c1-6(15)7-5-8(11)12-13-9(7)18(16,17)14-10(2,3)4/h5-6,14-15H,1-4H3. The van der Waals surface area contributed by atoms with Gasteiger partial charge in [0.25, 0.3) is 10.0 Å². The molecule has 0 aliphatic rings. The lowest BCUT2D eigenvalue weighted by Gasteiger charge is -2.21. The molecular weight excluding hydrogens is 278 g/mol. The van der Waals surface area contributed by atoms with Gasteiger partial charge in [0.2, 0.25) is 0 Å². The maximum absolute atomic E-state index is 12.1. The first-order valence-corrected chi connectivity index (χ1v) is 7.14. The number of nitrogens with one attached hydrogen (secondary N) is 1. The molecule has 2 N–H and O–H groups in total. The molecule has 0 saturated heterocycles. The van der Waals surface area contributed by atoms with Crippen LogP contribution >= 0.6 is 11.6 Å². The van der Waals surface area contributed by atoms with Crippen LogP contribution in [0.15, 0.2) is 11.1 Å². The van der Waals surface area contributed by atoms with Crippen LogP contribution < -0.4 is 4.72 Å². The summed E-state index contributed by atoms with van der Waals surface area (Å²) in [6, 6.07) is 1.29. The van der Waals surface area contributed by atoms with Gasteiger partial charge in [-0.1, -0.05) is 11.6 Å². The normalized spacial score (nSPS) is 14.6. The Hall–Kier alpha value is -0.760. The molecule has 1 rings (SSSR count). The summed E-state index contributed by atoms with van der Waals surface area (Å²) in [6.07, 6.45) is -1.01. The Morgan fingerprint density at radius 1 is 1.39 bits per heavy atom. The van der Waals surface area contributed by atoms with E-state index in [0.717, 1.165) is 0 Å². The molecule has 0 saturated carbocycles. The number of halogens is 1. The monoisotopic (exact) mass is 293 g/mol. The molecule has 1 heterocycles. The first kappa shape index (κ1) is 15.3. The van der Waals surface area contributed by atoms with Crippen molar-refractivity contribution >= 4 is 21.6 Å². The first-order chi connectivity index (χ1) is 8.03. The maximum Gasteiger partial charge on any atom is 0.260 e. The van der Waals surface area contributed by atoms with E-state index in [1.54, 1.807) is 20.8 Å². The van der Waals surface area contributed by atoms with Crippen LogP contribution in [-0.4, -0.2) is 29.3 Å². The summed E-state index contributed by atoms with van der Waals surface area (Å²) in [6.45, 7) is 6.55. The summed E-state index contributed by atoms with van der Waals surface area (Å²) in [5.41, 5.74) is -0.539. The first-order valence-electron chi connectivity index (χ1n) is 5.28. The average Bonchev–Trinajstić information content (AvgIpc) is 2.12. The Morgan fingerprint density at radius 3 is 2.39 bits per heavy atom. The highest BCUT2D eigenvalue weighted by atomic mass is 35.5. The van der Waals surface area contributed by atoms with Gasteiger partial charge in [0.1, 0.15) is 0 Å². The van der Waals surface area contributed by atoms with E-state index in [-0.39, 0.29) is 15.7 Å². The molecule has 1 unspecified atom stereocenters. The quantitative estimate of drug-likeness (QED) is 0.875. The van der Waals surface area contributed by atoms with Gasteiger partial charge in [-0.05, 0) is 33.8 Å². The summed E-state index contributed by atoms with van der Waals surface area (Å²) in [4.78, 5) is 0. The molecule has 0 aliphatic heterocycles. The number of aromatic nitrogens is 2. The van der Waals surface area contributed by atoms with Gasteiger partial charge in [0.15, 0.2) is 10.2 Å². The molecular formula is C10H16ClN3O3S. The molecule has 0 bridgehead atoms. The number of aliphatic hydroxyl groups is 1. The van der Waals surface area contributed by atoms with Crippen molar-refractivity contribution in [1.82, 2.24) is 14.9 Å². The highest BCUT2D eigenvalue weighted by molar-refractivity contribution is 7.89. The van der Waals surface area contributed by atoms with Crippen molar-refractivity contribution in [1.29, 1.82) is 0 Å². The zero-order valence-corrected chi connectivity index (χ0v) is 12.2. The van der Waals surface area contributed by atoms with E-state index < -0.39 is 21.7 Å². The third-order valence-corrected chi connectivity index (χ3v) is 3.80. The summed E-state index contributed by atoms with van der Waals surface area (Å²) < 4.78 is 26.7. The molecule has 0 spiro atoms. The Balaban J connectivity index is 3.33. The molecule has 0 radical (unpaired) electrons. The fraction of sp³-hybridized carbons (Fsp3) is 0.600. The molecule has 102 valence electrons. The predicted molar refractivity (Wildman–Crippen MR) is 67.8 cm³/mol. The summed E-state index contributed by atoms with van der Waals surface area (Å²) in [5, 5.41) is 16.4. The molecule has 0 aliphatic carbocycles. The van der Waals surface area contributed by atoms with Gasteiger partial charge >= 0.3 is 0 Å². The number of hydrogen-bond donors (Lipinski definition) is 2. The van der Waals surface area contributed by atoms with E-state index in [9.17, 15) is 13.5 Å². The third-order valence-electron chi connectivity index (χ3n) is 1.90. The van der Waals surface area contributed by atoms with Crippen molar-refractivity contribution in [3.8, 4) is 0 Å². The molecule has 18 heavy (non-hydrogen) atoms. The fourth-order valence-electron chi connectivity index (χ4n) is 1.33. The van der Waals surface area contributed by atoms with Crippen LogP contribution in [0.5, 0.6) is 0 Å². The van der Waals surface area contributed by atoms with Crippen LogP contribution in [0.25, 0.3) is 0 Å². The van der Waals surface area contributed by atoms with E-state index in [1.807, 2.05) is 0 Å². The van der Waals surface area contributed by atoms with Crippen LogP contribution in [0.2, 0.25) is 5.15 Å². The number of rotatable bonds is 3. The van der Waals surface area contributed by atoms with E-state index in [4.69, 9.17) is 11.6 Å². The van der Waals surface area contributed by atoms with Gasteiger partial charge in [-0.2, -0.15) is 0 Å². The lowest BCUT2D eigenvalue weighted by atomic mass is 10.1. The lowest BCUT2D eigenvalue weighted by molar-refractivity contribution is 0.194. The van der Waals surface area contributed by atoms with Crippen molar-refractivity contribution < 1.29 is 13.5 Å². The molecule has 6 nitrogen and oxygen atoms in total. The Morgan fingerprint density at radius 2 is 1.94 bits per heavy atom. The van der Waals surface area contributed by atoms with Crippen molar-refractivity contribution in [2.75, 3.05) is 0 Å². The molecule has 0 amide bonds. The second-order valence-corrected chi connectivity index (χ2v) is 6.94. The van der Waals surface area contributed by atoms with Gasteiger partial charge in [-0.3, -0.25) is 0 Å². The maximum atomic E-state index is 12.1. The minimum atomic E-state index is -3.85. The SMILES string of the molecule is CC(O)c1cc(Cl)nnc1S(=O)(=O)NC(C)(C)C. The van der Waals surface area contributed by atoms with Crippen LogP contribution in [0.1, 0.15) is 39.4 Å². The third kappa shape index (κ3) is 3.88. The lowest BCUT2D eigenvalue weighted by Crippen LogP contribution is -2.41. The number of aliphatic hydroxyl groups excluding tert-OH is 1. The molecule has 8 heteroatoms. The number of sulfonamides is 1. The molecule has 0 aromatic carbocycles. The minimum absolute atomic E-state index is 0.0283. The van der Waals surface area contributed by atoms with Crippen molar-refractivity contribution in [3.05, 3.63) is 16.8 Å². The van der Waals surface area contributed by atoms with Gasteiger partial charge in [0, 0.05) is 11.1 Å². The highest BCUT2D eigenvalue weighted by Gasteiger charge is 2.28. The van der Waals surface area contributed by atoms with Gasteiger partial charge < -0.3 is 5.11 Å². The smallest absolute Gasteiger partial charge is 0.260 e. The molecule has 1 aromatic heterocycles. The topological polar surface area (TPSA) is 92.2 Å². The zero-order chi connectivity index (χ0) is 14.1. The molecule has 1 aromatic rings. The van der Waals surface area contributed by atoms with E-state index in [2.05, 4.69) is 14.9 Å². The fourth-order valence-corrected chi connectivity index (χ4v) is 3.08. The van der Waals surface area contributed by atoms with Gasteiger partial charge in [0.05, 0.1) is 6.10 Å². The van der Waals surface area contributed by atoms with Crippen molar-refractivity contribution in [3.63, 3.8) is 0 Å². The Bertz CT molecular complexity index is 538. The molecule has 0 fully saturated rings. The number of hydrogen-bond acceptors (Lipinski definition) is 5. The summed E-state index contributed by atoms with van der Waals surface area (Å²) in [5.74, 6) is 0. The van der Waals surface area contributed by atoms with Crippen LogP contribution in [-0.2, 0) is 10.0 Å².